The summed E-state index contributed by atoms with van der Waals surface area (Å²) in [4.78, 5) is 16.1. The van der Waals surface area contributed by atoms with Gasteiger partial charge in [0.15, 0.2) is 0 Å². The third kappa shape index (κ3) is 5.22. The Morgan fingerprint density at radius 3 is 2.52 bits per heavy atom. The van der Waals surface area contributed by atoms with Crippen LogP contribution >= 0.6 is 0 Å². The average molecular weight is 319 g/mol. The van der Waals surface area contributed by atoms with Gasteiger partial charge in [0, 0.05) is 32.6 Å². The number of carbonyl (C=O) groups is 1. The number of urea groups is 1. The van der Waals surface area contributed by atoms with Crippen LogP contribution in [0.5, 0.6) is 0 Å². The molecule has 23 heavy (non-hydrogen) atoms. The predicted octanol–water partition coefficient (Wildman–Crippen LogP) is 2.05. The van der Waals surface area contributed by atoms with Gasteiger partial charge in [0.2, 0.25) is 0 Å². The lowest BCUT2D eigenvalue weighted by atomic mass is 10.1. The number of benzene rings is 1. The van der Waals surface area contributed by atoms with Gasteiger partial charge in [-0.1, -0.05) is 30.7 Å². The third-order valence-electron chi connectivity index (χ3n) is 4.51. The van der Waals surface area contributed by atoms with E-state index in [1.807, 2.05) is 26.2 Å². The lowest BCUT2D eigenvalue weighted by Gasteiger charge is -2.24. The van der Waals surface area contributed by atoms with Crippen LogP contribution in [0.15, 0.2) is 24.3 Å². The summed E-state index contributed by atoms with van der Waals surface area (Å²) in [6.07, 6.45) is 2.66. The number of rotatable bonds is 6. The second-order valence-corrected chi connectivity index (χ2v) is 6.80. The van der Waals surface area contributed by atoms with E-state index in [-0.39, 0.29) is 18.1 Å². The number of nitrogens with one attached hydrogen (secondary N) is 1. The summed E-state index contributed by atoms with van der Waals surface area (Å²) in [5.74, 6) is 0.215. The van der Waals surface area contributed by atoms with Gasteiger partial charge >= 0.3 is 6.03 Å². The number of amides is 2. The molecule has 1 aromatic carbocycles. The van der Waals surface area contributed by atoms with Gasteiger partial charge in [0.1, 0.15) is 0 Å². The van der Waals surface area contributed by atoms with E-state index in [1.165, 1.54) is 5.56 Å². The molecule has 1 aliphatic rings. The first-order valence-corrected chi connectivity index (χ1v) is 8.36. The predicted molar refractivity (Wildman–Crippen MR) is 92.0 cm³/mol. The van der Waals surface area contributed by atoms with Crippen LogP contribution < -0.4 is 5.32 Å². The van der Waals surface area contributed by atoms with Crippen molar-refractivity contribution in [3.05, 3.63) is 35.4 Å². The molecular formula is C18H29N3O2. The number of hydrogen-bond donors (Lipinski definition) is 2. The molecule has 2 unspecified atom stereocenters. The number of hydrogen-bond acceptors (Lipinski definition) is 3. The number of aliphatic hydroxyl groups excluding tert-OH is 1. The van der Waals surface area contributed by atoms with Crippen molar-refractivity contribution >= 4 is 6.03 Å². The fraction of sp³-hybridized carbons (Fsp3) is 0.611. The molecule has 2 amide bonds. The summed E-state index contributed by atoms with van der Waals surface area (Å²) < 4.78 is 0. The first-order chi connectivity index (χ1) is 11.0. The molecule has 2 rings (SSSR count). The Labute approximate surface area is 139 Å². The van der Waals surface area contributed by atoms with Crippen molar-refractivity contribution in [3.8, 4) is 0 Å². The number of nitrogens with zero attached hydrogens (tertiary/aromatic N) is 2. The molecule has 1 fully saturated rings. The van der Waals surface area contributed by atoms with Crippen molar-refractivity contribution < 1.29 is 9.90 Å². The SMILES string of the molecule is CN(C)Cc1ccccc1CNC(=O)N(C)CC1CCCC1O. The highest BCUT2D eigenvalue weighted by Crippen LogP contribution is 2.25. The van der Waals surface area contributed by atoms with Gasteiger partial charge in [0.05, 0.1) is 6.10 Å². The van der Waals surface area contributed by atoms with Crippen molar-refractivity contribution in [2.75, 3.05) is 27.7 Å². The second kappa shape index (κ2) is 8.31. The lowest BCUT2D eigenvalue weighted by molar-refractivity contribution is 0.114. The standard InChI is InChI=1S/C18H29N3O2/c1-20(2)12-15-8-5-4-7-14(15)11-19-18(23)21(3)13-16-9-6-10-17(16)22/h4-5,7-8,16-17,22H,6,9-13H2,1-3H3,(H,19,23). The average Bonchev–Trinajstić information content (AvgIpc) is 2.90. The summed E-state index contributed by atoms with van der Waals surface area (Å²) in [5.41, 5.74) is 2.37. The molecule has 128 valence electrons. The van der Waals surface area contributed by atoms with E-state index in [0.29, 0.717) is 13.1 Å². The Morgan fingerprint density at radius 1 is 1.22 bits per heavy atom. The third-order valence-corrected chi connectivity index (χ3v) is 4.51. The molecule has 0 radical (unpaired) electrons. The van der Waals surface area contributed by atoms with Crippen molar-refractivity contribution in [1.29, 1.82) is 0 Å². The maximum Gasteiger partial charge on any atom is 0.317 e. The van der Waals surface area contributed by atoms with Gasteiger partial charge in [-0.05, 0) is 38.1 Å². The largest absolute Gasteiger partial charge is 0.393 e. The second-order valence-electron chi connectivity index (χ2n) is 6.80. The molecule has 5 nitrogen and oxygen atoms in total. The van der Waals surface area contributed by atoms with E-state index in [2.05, 4.69) is 22.3 Å². The molecule has 1 aliphatic carbocycles. The molecule has 1 aromatic rings. The maximum absolute atomic E-state index is 12.3. The minimum Gasteiger partial charge on any atom is -0.393 e. The van der Waals surface area contributed by atoms with Gasteiger partial charge in [-0.25, -0.2) is 4.79 Å². The Morgan fingerprint density at radius 2 is 1.91 bits per heavy atom. The summed E-state index contributed by atoms with van der Waals surface area (Å²) in [7, 11) is 5.87. The van der Waals surface area contributed by atoms with Crippen LogP contribution in [0, 0.1) is 5.92 Å². The number of aliphatic hydroxyl groups is 1. The van der Waals surface area contributed by atoms with Crippen molar-refractivity contribution in [2.24, 2.45) is 5.92 Å². The normalized spacial score (nSPS) is 20.7. The van der Waals surface area contributed by atoms with E-state index in [1.54, 1.807) is 11.9 Å². The van der Waals surface area contributed by atoms with Gasteiger partial charge in [-0.2, -0.15) is 0 Å². The van der Waals surface area contributed by atoms with E-state index >= 15 is 0 Å². The zero-order valence-electron chi connectivity index (χ0n) is 14.5. The van der Waals surface area contributed by atoms with E-state index in [4.69, 9.17) is 0 Å². The molecule has 0 aliphatic heterocycles. The first kappa shape index (κ1) is 17.8. The summed E-state index contributed by atoms with van der Waals surface area (Å²) in [6.45, 7) is 2.00. The molecule has 1 saturated carbocycles. The summed E-state index contributed by atoms with van der Waals surface area (Å²) >= 11 is 0. The minimum absolute atomic E-state index is 0.0799. The lowest BCUT2D eigenvalue weighted by Crippen LogP contribution is -2.41. The highest BCUT2D eigenvalue weighted by molar-refractivity contribution is 5.73. The topological polar surface area (TPSA) is 55.8 Å². The molecule has 0 spiro atoms. The quantitative estimate of drug-likeness (QED) is 0.844. The highest BCUT2D eigenvalue weighted by atomic mass is 16.3. The smallest absolute Gasteiger partial charge is 0.317 e. The molecule has 0 saturated heterocycles. The maximum atomic E-state index is 12.3. The zero-order chi connectivity index (χ0) is 16.8. The Bertz CT molecular complexity index is 519. The Hall–Kier alpha value is -1.59. The van der Waals surface area contributed by atoms with Crippen LogP contribution in [0.1, 0.15) is 30.4 Å². The fourth-order valence-electron chi connectivity index (χ4n) is 3.20. The van der Waals surface area contributed by atoms with Crippen molar-refractivity contribution in [2.45, 2.75) is 38.5 Å². The molecule has 2 atom stereocenters. The van der Waals surface area contributed by atoms with E-state index in [9.17, 15) is 9.90 Å². The van der Waals surface area contributed by atoms with Crippen molar-refractivity contribution in [3.63, 3.8) is 0 Å². The van der Waals surface area contributed by atoms with Crippen LogP contribution in [-0.2, 0) is 13.1 Å². The van der Waals surface area contributed by atoms with Gasteiger partial charge in [-0.3, -0.25) is 0 Å². The van der Waals surface area contributed by atoms with Crippen LogP contribution in [0.25, 0.3) is 0 Å². The zero-order valence-corrected chi connectivity index (χ0v) is 14.5. The highest BCUT2D eigenvalue weighted by Gasteiger charge is 2.27. The monoisotopic (exact) mass is 319 g/mol. The first-order valence-electron chi connectivity index (χ1n) is 8.36. The molecule has 0 heterocycles. The van der Waals surface area contributed by atoms with Crippen LogP contribution in [0.2, 0.25) is 0 Å². The van der Waals surface area contributed by atoms with Crippen molar-refractivity contribution in [1.82, 2.24) is 15.1 Å². The molecule has 0 bridgehead atoms. The fourth-order valence-corrected chi connectivity index (χ4v) is 3.20. The Kier molecular flexibility index (Phi) is 6.42. The summed E-state index contributed by atoms with van der Waals surface area (Å²) in [5, 5.41) is 12.9. The van der Waals surface area contributed by atoms with E-state index < -0.39 is 0 Å². The Balaban J connectivity index is 1.86. The minimum atomic E-state index is -0.258. The van der Waals surface area contributed by atoms with Gasteiger partial charge in [-0.15, -0.1) is 0 Å². The molecule has 5 heteroatoms. The number of carbonyl (C=O) groups excluding carboxylic acids is 1. The van der Waals surface area contributed by atoms with Gasteiger partial charge in [0.25, 0.3) is 0 Å². The molecule has 0 aromatic heterocycles. The van der Waals surface area contributed by atoms with Crippen LogP contribution in [0.3, 0.4) is 0 Å². The molecule has 2 N–H and O–H groups in total. The van der Waals surface area contributed by atoms with Crippen LogP contribution in [0.4, 0.5) is 4.79 Å². The molecular weight excluding hydrogens is 290 g/mol. The van der Waals surface area contributed by atoms with Crippen LogP contribution in [-0.4, -0.2) is 54.7 Å². The summed E-state index contributed by atoms with van der Waals surface area (Å²) in [6, 6.07) is 8.10. The van der Waals surface area contributed by atoms with Gasteiger partial charge < -0.3 is 20.2 Å². The van der Waals surface area contributed by atoms with E-state index in [0.717, 1.165) is 31.4 Å².